The summed E-state index contributed by atoms with van der Waals surface area (Å²) >= 11 is 12.2. The number of carboxylic acids is 1. The first-order valence-corrected chi connectivity index (χ1v) is 13.5. The van der Waals surface area contributed by atoms with Gasteiger partial charge in [-0.25, -0.2) is 9.97 Å². The summed E-state index contributed by atoms with van der Waals surface area (Å²) in [5, 5.41) is 13.2. The molecule has 0 saturated carbocycles. The summed E-state index contributed by atoms with van der Waals surface area (Å²) in [7, 11) is 0. The quantitative estimate of drug-likeness (QED) is 0.200. The third-order valence-electron chi connectivity index (χ3n) is 6.49. The smallest absolute Gasteiger partial charge is 0.307 e. The van der Waals surface area contributed by atoms with Crippen molar-refractivity contribution in [1.82, 2.24) is 15.3 Å². The molecule has 1 amide bonds. The van der Waals surface area contributed by atoms with Gasteiger partial charge in [0, 0.05) is 27.7 Å². The number of carboxylic acid groups (broad SMARTS) is 1. The van der Waals surface area contributed by atoms with Crippen molar-refractivity contribution in [3.63, 3.8) is 0 Å². The molecule has 0 aliphatic heterocycles. The number of nitrogens with one attached hydrogen (secondary N) is 1. The second kappa shape index (κ2) is 12.3. The molecule has 0 unspecified atom stereocenters. The minimum absolute atomic E-state index is 0.00779. The van der Waals surface area contributed by atoms with Gasteiger partial charge in [-0.05, 0) is 72.0 Å². The predicted octanol–water partition coefficient (Wildman–Crippen LogP) is 6.95. The monoisotopic (exact) mass is 569 g/mol. The first-order chi connectivity index (χ1) is 19.3. The number of nitrogens with zero attached hydrogens (tertiary/aromatic N) is 2. The summed E-state index contributed by atoms with van der Waals surface area (Å²) in [5.74, 6) is -1.07. The fourth-order valence-corrected chi connectivity index (χ4v) is 4.78. The lowest BCUT2D eigenvalue weighted by Crippen LogP contribution is -2.22. The van der Waals surface area contributed by atoms with Crippen molar-refractivity contribution in [3.8, 4) is 11.3 Å². The molecule has 0 saturated heterocycles. The van der Waals surface area contributed by atoms with Crippen molar-refractivity contribution in [1.29, 1.82) is 0 Å². The number of fused-ring (bicyclic) bond motifs is 1. The number of aryl methyl sites for hydroxylation is 2. The van der Waals surface area contributed by atoms with E-state index in [1.165, 1.54) is 0 Å². The predicted molar refractivity (Wildman–Crippen MR) is 158 cm³/mol. The Morgan fingerprint density at radius 1 is 0.725 bits per heavy atom. The van der Waals surface area contributed by atoms with Crippen LogP contribution in [0.1, 0.15) is 32.7 Å². The van der Waals surface area contributed by atoms with Gasteiger partial charge >= 0.3 is 5.97 Å². The third-order valence-corrected chi connectivity index (χ3v) is 6.97. The number of halogens is 2. The second-order valence-electron chi connectivity index (χ2n) is 9.43. The maximum Gasteiger partial charge on any atom is 0.307 e. The molecule has 40 heavy (non-hydrogen) atoms. The molecular weight excluding hydrogens is 545 g/mol. The van der Waals surface area contributed by atoms with Gasteiger partial charge in [-0.2, -0.15) is 0 Å². The molecule has 1 aromatic heterocycles. The van der Waals surface area contributed by atoms with Crippen molar-refractivity contribution < 1.29 is 14.7 Å². The Hall–Kier alpha value is -4.26. The highest BCUT2D eigenvalue weighted by Crippen LogP contribution is 2.27. The number of aromatic nitrogens is 2. The molecule has 2 N–H and O–H groups in total. The van der Waals surface area contributed by atoms with E-state index in [4.69, 9.17) is 38.3 Å². The first-order valence-electron chi connectivity index (χ1n) is 12.7. The number of hydrogen-bond donors (Lipinski definition) is 2. The maximum absolute atomic E-state index is 12.9. The van der Waals surface area contributed by atoms with E-state index in [1.807, 2.05) is 66.7 Å². The number of aliphatic carboxylic acids is 1. The van der Waals surface area contributed by atoms with E-state index in [0.717, 1.165) is 33.6 Å². The maximum atomic E-state index is 12.9. The van der Waals surface area contributed by atoms with Gasteiger partial charge in [0.15, 0.2) is 0 Å². The number of carbonyl (C=O) groups is 2. The van der Waals surface area contributed by atoms with E-state index >= 15 is 0 Å². The number of amides is 1. The molecule has 6 nitrogen and oxygen atoms in total. The Labute approximate surface area is 241 Å². The number of benzene rings is 4. The van der Waals surface area contributed by atoms with Gasteiger partial charge in [-0.3, -0.25) is 9.59 Å². The Morgan fingerprint density at radius 2 is 1.48 bits per heavy atom. The lowest BCUT2D eigenvalue weighted by Gasteiger charge is -2.12. The minimum Gasteiger partial charge on any atom is -0.481 e. The Bertz CT molecular complexity index is 1690. The third kappa shape index (κ3) is 6.84. The van der Waals surface area contributed by atoms with Crippen LogP contribution in [0, 0.1) is 0 Å². The molecule has 200 valence electrons. The molecule has 8 heteroatoms. The van der Waals surface area contributed by atoms with Gasteiger partial charge in [-0.15, -0.1) is 0 Å². The van der Waals surface area contributed by atoms with Crippen LogP contribution in [-0.2, 0) is 30.6 Å². The van der Waals surface area contributed by atoms with Crippen LogP contribution in [0.25, 0.3) is 22.3 Å². The molecule has 0 fully saturated rings. The van der Waals surface area contributed by atoms with Gasteiger partial charge in [0.05, 0.1) is 28.8 Å². The van der Waals surface area contributed by atoms with E-state index in [9.17, 15) is 9.59 Å². The van der Waals surface area contributed by atoms with Crippen molar-refractivity contribution in [3.05, 3.63) is 129 Å². The largest absolute Gasteiger partial charge is 0.481 e. The summed E-state index contributed by atoms with van der Waals surface area (Å²) < 4.78 is 0. The molecule has 4 aromatic carbocycles. The fourth-order valence-electron chi connectivity index (χ4n) is 4.44. The van der Waals surface area contributed by atoms with Crippen LogP contribution in [0.5, 0.6) is 0 Å². The van der Waals surface area contributed by atoms with Gasteiger partial charge in [0.2, 0.25) is 0 Å². The van der Waals surface area contributed by atoms with Crippen LogP contribution in [0.2, 0.25) is 10.0 Å². The average molecular weight is 570 g/mol. The minimum atomic E-state index is -0.857. The summed E-state index contributed by atoms with van der Waals surface area (Å²) in [5.41, 5.74) is 6.96. The van der Waals surface area contributed by atoms with E-state index in [2.05, 4.69) is 5.32 Å². The highest BCUT2D eigenvalue weighted by Gasteiger charge is 2.14. The van der Waals surface area contributed by atoms with Crippen LogP contribution in [-0.4, -0.2) is 27.0 Å². The summed E-state index contributed by atoms with van der Waals surface area (Å²) in [6.45, 7) is 0.356. The molecule has 0 radical (unpaired) electrons. The summed E-state index contributed by atoms with van der Waals surface area (Å²) in [6.07, 6.45) is 1.28. The highest BCUT2D eigenvalue weighted by atomic mass is 35.5. The molecule has 1 heterocycles. The molecular formula is C32H25Cl2N3O3. The van der Waals surface area contributed by atoms with Gasteiger partial charge in [0.25, 0.3) is 5.91 Å². The molecule has 0 spiro atoms. The summed E-state index contributed by atoms with van der Waals surface area (Å²) in [6, 6.07) is 27.7. The van der Waals surface area contributed by atoms with Crippen molar-refractivity contribution in [2.45, 2.75) is 25.8 Å². The first kappa shape index (κ1) is 27.3. The lowest BCUT2D eigenvalue weighted by molar-refractivity contribution is -0.136. The molecule has 0 bridgehead atoms. The van der Waals surface area contributed by atoms with Crippen LogP contribution in [0.15, 0.2) is 91.0 Å². The molecule has 0 aliphatic rings. The van der Waals surface area contributed by atoms with Crippen molar-refractivity contribution in [2.24, 2.45) is 0 Å². The van der Waals surface area contributed by atoms with Crippen LogP contribution < -0.4 is 5.32 Å². The Kier molecular flexibility index (Phi) is 8.39. The zero-order chi connectivity index (χ0) is 28.1. The zero-order valence-electron chi connectivity index (χ0n) is 21.4. The zero-order valence-corrected chi connectivity index (χ0v) is 22.9. The highest BCUT2D eigenvalue weighted by molar-refractivity contribution is 6.30. The number of hydrogen-bond acceptors (Lipinski definition) is 4. The van der Waals surface area contributed by atoms with E-state index in [1.54, 1.807) is 24.3 Å². The number of carbonyl (C=O) groups excluding carboxylic acids is 1. The lowest BCUT2D eigenvalue weighted by atomic mass is 10.0. The molecule has 0 aliphatic carbocycles. The van der Waals surface area contributed by atoms with Gasteiger partial charge < -0.3 is 10.4 Å². The second-order valence-corrected chi connectivity index (χ2v) is 10.3. The molecule has 5 aromatic rings. The SMILES string of the molecule is O=C(O)Cc1ccc(CCc2nc3cc(C(=O)NCc4cccc(Cl)c4)ccc3nc2-c2ccc(Cl)cc2)cc1. The average Bonchev–Trinajstić information content (AvgIpc) is 2.95. The van der Waals surface area contributed by atoms with Crippen LogP contribution in [0.4, 0.5) is 0 Å². The fraction of sp³-hybridized carbons (Fsp3) is 0.125. The van der Waals surface area contributed by atoms with Gasteiger partial charge in [0.1, 0.15) is 0 Å². The van der Waals surface area contributed by atoms with E-state index in [-0.39, 0.29) is 12.3 Å². The van der Waals surface area contributed by atoms with Crippen LogP contribution >= 0.6 is 23.2 Å². The standard InChI is InChI=1S/C32H25Cl2N3O3/c33-25-12-9-23(10-13-25)31-28(14-8-20-4-6-21(7-5-20)17-30(38)39)36-29-18-24(11-15-27(29)37-31)32(40)35-19-22-2-1-3-26(34)16-22/h1-7,9-13,15-16,18H,8,14,17,19H2,(H,35,40)(H,38,39). The van der Waals surface area contributed by atoms with Crippen molar-refractivity contribution in [2.75, 3.05) is 0 Å². The number of rotatable bonds is 9. The Balaban J connectivity index is 1.42. The summed E-state index contributed by atoms with van der Waals surface area (Å²) in [4.78, 5) is 33.8. The normalized spacial score (nSPS) is 10.9. The van der Waals surface area contributed by atoms with Crippen LogP contribution in [0.3, 0.4) is 0 Å². The Morgan fingerprint density at radius 3 is 2.20 bits per heavy atom. The van der Waals surface area contributed by atoms with E-state index < -0.39 is 5.97 Å². The van der Waals surface area contributed by atoms with Gasteiger partial charge in [-0.1, -0.05) is 71.7 Å². The van der Waals surface area contributed by atoms with Crippen molar-refractivity contribution >= 4 is 46.1 Å². The molecule has 0 atom stereocenters. The van der Waals surface area contributed by atoms with E-state index in [0.29, 0.717) is 46.0 Å². The molecule has 5 rings (SSSR count). The topological polar surface area (TPSA) is 92.2 Å².